The lowest BCUT2D eigenvalue weighted by molar-refractivity contribution is -0.226. The smallest absolute Gasteiger partial charge is 0.303 e. The Morgan fingerprint density at radius 2 is 1.90 bits per heavy atom. The average Bonchev–Trinajstić information content (AvgIpc) is 2.92. The van der Waals surface area contributed by atoms with E-state index in [1.807, 2.05) is 13.8 Å². The van der Waals surface area contributed by atoms with Crippen LogP contribution in [0.5, 0.6) is 0 Å². The van der Waals surface area contributed by atoms with E-state index in [9.17, 15) is 19.5 Å². The van der Waals surface area contributed by atoms with Crippen molar-refractivity contribution >= 4 is 17.5 Å². The van der Waals surface area contributed by atoms with E-state index in [0.717, 1.165) is 5.57 Å². The van der Waals surface area contributed by atoms with Gasteiger partial charge in [-0.1, -0.05) is 25.5 Å². The molecule has 164 valence electrons. The Balaban J connectivity index is 1.86. The van der Waals surface area contributed by atoms with Crippen LogP contribution in [0, 0.1) is 28.6 Å². The number of Topliss-reactive ketones (excluding diaryl/α,β-unsaturated/α-hetero) is 1. The molecule has 0 radical (unpaired) electrons. The molecule has 4 rings (SSSR count). The Kier molecular flexibility index (Phi) is 4.53. The minimum Gasteiger partial charge on any atom is -0.451 e. The fraction of sp³-hybridized carbons (Fsp3) is 0.708. The average molecular weight is 419 g/mol. The molecule has 0 aromatic carbocycles. The highest BCUT2D eigenvalue weighted by Crippen LogP contribution is 2.71. The second-order valence-corrected chi connectivity index (χ2v) is 10.3. The van der Waals surface area contributed by atoms with E-state index < -0.39 is 40.1 Å². The van der Waals surface area contributed by atoms with E-state index in [0.29, 0.717) is 19.3 Å². The van der Waals surface area contributed by atoms with Gasteiger partial charge in [-0.05, 0) is 63.5 Å². The van der Waals surface area contributed by atoms with Crippen LogP contribution in [0.1, 0.15) is 60.3 Å². The predicted molar refractivity (Wildman–Crippen MR) is 108 cm³/mol. The van der Waals surface area contributed by atoms with Crippen molar-refractivity contribution in [2.45, 2.75) is 77.7 Å². The van der Waals surface area contributed by atoms with Crippen molar-refractivity contribution in [2.75, 3.05) is 0 Å². The number of rotatable bonds is 2. The summed E-state index contributed by atoms with van der Waals surface area (Å²) >= 11 is 0. The van der Waals surface area contributed by atoms with Crippen LogP contribution in [0.25, 0.3) is 0 Å². The first kappa shape index (κ1) is 21.4. The summed E-state index contributed by atoms with van der Waals surface area (Å²) in [6.07, 6.45) is 4.58. The topological polar surface area (TPSA) is 80.7 Å². The number of hydrogen-bond donors (Lipinski definition) is 1. The lowest BCUT2D eigenvalue weighted by atomic mass is 9.43. The summed E-state index contributed by atoms with van der Waals surface area (Å²) in [6.45, 7) is 8.34. The first-order valence-electron chi connectivity index (χ1n) is 10.9. The zero-order valence-electron chi connectivity index (χ0n) is 18.3. The molecule has 8 atom stereocenters. The van der Waals surface area contributed by atoms with Crippen molar-refractivity contribution in [2.24, 2.45) is 28.6 Å². The molecule has 6 heteroatoms. The number of halogens is 1. The number of fused-ring (bicyclic) bond motifs is 5. The van der Waals surface area contributed by atoms with Crippen molar-refractivity contribution < 1.29 is 28.6 Å². The van der Waals surface area contributed by atoms with E-state index in [1.165, 1.54) is 26.0 Å². The molecule has 4 aliphatic rings. The quantitative estimate of drug-likeness (QED) is 0.695. The van der Waals surface area contributed by atoms with E-state index in [1.54, 1.807) is 13.0 Å². The molecule has 0 aliphatic heterocycles. The minimum atomic E-state index is -1.96. The third-order valence-corrected chi connectivity index (χ3v) is 8.98. The van der Waals surface area contributed by atoms with Crippen molar-refractivity contribution in [1.82, 2.24) is 0 Å². The highest BCUT2D eigenvalue weighted by atomic mass is 19.1. The Hall–Kier alpha value is -1.82. The first-order valence-corrected chi connectivity index (χ1v) is 10.9. The van der Waals surface area contributed by atoms with Gasteiger partial charge in [0, 0.05) is 23.7 Å². The number of ether oxygens (including phenoxy) is 1. The minimum absolute atomic E-state index is 0.0244. The lowest BCUT2D eigenvalue weighted by Gasteiger charge is -2.63. The molecule has 0 aromatic rings. The number of carbonyl (C=O) groups is 3. The van der Waals surface area contributed by atoms with Crippen molar-refractivity contribution in [3.8, 4) is 0 Å². The Bertz CT molecular complexity index is 892. The molecule has 1 N–H and O–H groups in total. The molecule has 30 heavy (non-hydrogen) atoms. The summed E-state index contributed by atoms with van der Waals surface area (Å²) < 4.78 is 22.8. The highest BCUT2D eigenvalue weighted by molar-refractivity contribution is 6.01. The summed E-state index contributed by atoms with van der Waals surface area (Å²) in [5.74, 6) is -1.72. The van der Waals surface area contributed by atoms with Crippen LogP contribution in [0.15, 0.2) is 23.8 Å². The maximum Gasteiger partial charge on any atom is 0.303 e. The summed E-state index contributed by atoms with van der Waals surface area (Å²) in [5, 5.41) is 11.3. The number of ketones is 2. The highest BCUT2D eigenvalue weighted by Gasteiger charge is 2.75. The standard InChI is InChI=1S/C24H31FO5/c1-13-10-19-17-7-9-23(14(2)26,30-15(3)27)22(17,5)12-20(29)24(19,25)21(4)8-6-16(28)11-18(13)21/h6,8,11,13,17,19-20,29H,7,9-10,12H2,1-5H3/t13-,17+,19+,20+,21-,22-,23+,24+/m0/s1. The van der Waals surface area contributed by atoms with E-state index in [2.05, 4.69) is 0 Å². The number of hydrogen-bond acceptors (Lipinski definition) is 5. The van der Waals surface area contributed by atoms with Crippen LogP contribution in [0.4, 0.5) is 4.39 Å². The zero-order valence-corrected chi connectivity index (χ0v) is 18.3. The van der Waals surface area contributed by atoms with Crippen LogP contribution in [0.3, 0.4) is 0 Å². The van der Waals surface area contributed by atoms with Gasteiger partial charge in [0.25, 0.3) is 0 Å². The number of aliphatic hydroxyl groups is 1. The van der Waals surface area contributed by atoms with Gasteiger partial charge in [-0.15, -0.1) is 0 Å². The SMILES string of the molecule is CC(=O)O[C@@]1(C(C)=O)CC[C@@H]2[C@H]3C[C@H](C)C4=CC(=O)C=C[C@]4(C)[C@]3(F)[C@H](O)C[C@@]21C. The predicted octanol–water partition coefficient (Wildman–Crippen LogP) is 3.49. The maximum absolute atomic E-state index is 17.1. The molecule has 0 aromatic heterocycles. The van der Waals surface area contributed by atoms with Gasteiger partial charge in [-0.2, -0.15) is 0 Å². The molecule has 0 amide bonds. The second-order valence-electron chi connectivity index (χ2n) is 10.3. The summed E-state index contributed by atoms with van der Waals surface area (Å²) in [7, 11) is 0. The van der Waals surface area contributed by atoms with E-state index in [-0.39, 0.29) is 29.8 Å². The van der Waals surface area contributed by atoms with Crippen molar-refractivity contribution in [1.29, 1.82) is 0 Å². The maximum atomic E-state index is 17.1. The van der Waals surface area contributed by atoms with Crippen LogP contribution in [0.2, 0.25) is 0 Å². The summed E-state index contributed by atoms with van der Waals surface area (Å²) in [6, 6.07) is 0. The number of aliphatic hydroxyl groups excluding tert-OH is 1. The summed E-state index contributed by atoms with van der Waals surface area (Å²) in [5.41, 5.74) is -4.52. The zero-order chi connectivity index (χ0) is 22.3. The Labute approximate surface area is 176 Å². The Morgan fingerprint density at radius 3 is 2.50 bits per heavy atom. The van der Waals surface area contributed by atoms with Gasteiger partial charge >= 0.3 is 5.97 Å². The number of alkyl halides is 1. The molecule has 4 aliphatic carbocycles. The van der Waals surface area contributed by atoms with Crippen LogP contribution >= 0.6 is 0 Å². The van der Waals surface area contributed by atoms with Gasteiger partial charge in [0.2, 0.25) is 0 Å². The van der Waals surface area contributed by atoms with Crippen LogP contribution in [-0.2, 0) is 19.1 Å². The van der Waals surface area contributed by atoms with Crippen LogP contribution < -0.4 is 0 Å². The van der Waals surface area contributed by atoms with Gasteiger partial charge < -0.3 is 9.84 Å². The van der Waals surface area contributed by atoms with Gasteiger partial charge in [-0.3, -0.25) is 14.4 Å². The third-order valence-electron chi connectivity index (χ3n) is 8.98. The molecule has 0 heterocycles. The third kappa shape index (κ3) is 2.34. The number of allylic oxidation sites excluding steroid dienone is 4. The fourth-order valence-corrected chi connectivity index (χ4v) is 7.65. The molecule has 0 bridgehead atoms. The second kappa shape index (κ2) is 6.35. The molecule has 5 nitrogen and oxygen atoms in total. The molecule has 3 fully saturated rings. The Morgan fingerprint density at radius 1 is 1.23 bits per heavy atom. The van der Waals surface area contributed by atoms with Crippen molar-refractivity contribution in [3.05, 3.63) is 23.8 Å². The lowest BCUT2D eigenvalue weighted by Crippen LogP contribution is -2.70. The molecule has 0 saturated heterocycles. The normalized spacial score (nSPS) is 49.6. The summed E-state index contributed by atoms with van der Waals surface area (Å²) in [4.78, 5) is 36.7. The number of esters is 1. The van der Waals surface area contributed by atoms with Gasteiger partial charge in [0.05, 0.1) is 6.10 Å². The molecule has 0 unspecified atom stereocenters. The largest absolute Gasteiger partial charge is 0.451 e. The molecular formula is C24H31FO5. The number of carbonyl (C=O) groups excluding carboxylic acids is 3. The molecular weight excluding hydrogens is 387 g/mol. The van der Waals surface area contributed by atoms with Gasteiger partial charge in [0.1, 0.15) is 0 Å². The van der Waals surface area contributed by atoms with Crippen LogP contribution in [-0.4, -0.2) is 40.0 Å². The molecule has 0 spiro atoms. The fourth-order valence-electron chi connectivity index (χ4n) is 7.65. The van der Waals surface area contributed by atoms with E-state index >= 15 is 4.39 Å². The van der Waals surface area contributed by atoms with Gasteiger partial charge in [-0.25, -0.2) is 4.39 Å². The van der Waals surface area contributed by atoms with Crippen molar-refractivity contribution in [3.63, 3.8) is 0 Å². The molecule has 3 saturated carbocycles. The monoisotopic (exact) mass is 418 g/mol. The first-order chi connectivity index (χ1) is 13.8. The van der Waals surface area contributed by atoms with E-state index in [4.69, 9.17) is 4.74 Å². The van der Waals surface area contributed by atoms with Gasteiger partial charge in [0.15, 0.2) is 22.8 Å².